The van der Waals surface area contributed by atoms with Gasteiger partial charge < -0.3 is 16.4 Å². The smallest absolute Gasteiger partial charge is 0.256 e. The molecule has 3 rings (SSSR count). The number of benzene rings is 1. The van der Waals surface area contributed by atoms with Crippen molar-refractivity contribution in [3.63, 3.8) is 0 Å². The van der Waals surface area contributed by atoms with Crippen LogP contribution < -0.4 is 16.4 Å². The minimum atomic E-state index is -0.239. The quantitative estimate of drug-likeness (QED) is 0.569. The zero-order valence-corrected chi connectivity index (χ0v) is 17.9. The number of pyridine rings is 1. The third-order valence-corrected chi connectivity index (χ3v) is 5.92. The standard InChI is InChI=1S/C21H26N4O2S.ClH/c22-19-11-10-16(13-23-19)25-21(27)17-8-4-5-9-18(17)28-14-20(26)24-12-15-6-2-1-3-7-15;/h4-5,8-11,13,15H,1-3,6-7,12,14H2,(H2,22,23)(H,24,26)(H,25,27);1H. The molecular formula is C21H27ClN4O2S. The number of aromatic nitrogens is 1. The van der Waals surface area contributed by atoms with Crippen LogP contribution in [-0.4, -0.2) is 29.1 Å². The van der Waals surface area contributed by atoms with Gasteiger partial charge in [0.15, 0.2) is 0 Å². The largest absolute Gasteiger partial charge is 0.384 e. The second kappa shape index (κ2) is 11.7. The Hall–Kier alpha value is -2.25. The molecule has 156 valence electrons. The molecule has 1 fully saturated rings. The van der Waals surface area contributed by atoms with Crippen molar-refractivity contribution >= 4 is 47.5 Å². The fourth-order valence-electron chi connectivity index (χ4n) is 3.30. The summed E-state index contributed by atoms with van der Waals surface area (Å²) in [4.78, 5) is 29.6. The number of nitrogen functional groups attached to an aromatic ring is 1. The number of carbonyl (C=O) groups is 2. The Morgan fingerprint density at radius 2 is 1.86 bits per heavy atom. The first-order chi connectivity index (χ1) is 13.6. The lowest BCUT2D eigenvalue weighted by molar-refractivity contribution is -0.118. The van der Waals surface area contributed by atoms with Gasteiger partial charge >= 0.3 is 0 Å². The summed E-state index contributed by atoms with van der Waals surface area (Å²) in [7, 11) is 0. The Balaban J connectivity index is 0.00000300. The normalized spacial score (nSPS) is 13.9. The zero-order chi connectivity index (χ0) is 19.8. The summed E-state index contributed by atoms with van der Waals surface area (Å²) in [6, 6.07) is 10.6. The highest BCUT2D eigenvalue weighted by Gasteiger charge is 2.16. The predicted molar refractivity (Wildman–Crippen MR) is 121 cm³/mol. The molecule has 0 saturated heterocycles. The minimum Gasteiger partial charge on any atom is -0.384 e. The number of hydrogen-bond donors (Lipinski definition) is 3. The lowest BCUT2D eigenvalue weighted by Crippen LogP contribution is -2.31. The molecule has 8 heteroatoms. The van der Waals surface area contributed by atoms with Gasteiger partial charge in [0, 0.05) is 11.4 Å². The van der Waals surface area contributed by atoms with Crippen molar-refractivity contribution in [1.29, 1.82) is 0 Å². The van der Waals surface area contributed by atoms with E-state index >= 15 is 0 Å². The first-order valence-corrected chi connectivity index (χ1v) is 10.6. The van der Waals surface area contributed by atoms with Crippen LogP contribution in [0.4, 0.5) is 11.5 Å². The van der Waals surface area contributed by atoms with Crippen LogP contribution in [0.25, 0.3) is 0 Å². The lowest BCUT2D eigenvalue weighted by Gasteiger charge is -2.21. The molecule has 0 unspecified atom stereocenters. The number of nitrogens with two attached hydrogens (primary N) is 1. The number of nitrogens with zero attached hydrogens (tertiary/aromatic N) is 1. The Morgan fingerprint density at radius 3 is 2.59 bits per heavy atom. The molecule has 1 aliphatic rings. The van der Waals surface area contributed by atoms with Crippen molar-refractivity contribution in [1.82, 2.24) is 10.3 Å². The van der Waals surface area contributed by atoms with Crippen molar-refractivity contribution in [2.75, 3.05) is 23.3 Å². The van der Waals surface area contributed by atoms with E-state index in [9.17, 15) is 9.59 Å². The second-order valence-electron chi connectivity index (χ2n) is 7.02. The molecule has 2 amide bonds. The summed E-state index contributed by atoms with van der Waals surface area (Å²) < 4.78 is 0. The van der Waals surface area contributed by atoms with Crippen LogP contribution in [0, 0.1) is 5.92 Å². The van der Waals surface area contributed by atoms with Crippen LogP contribution in [0.3, 0.4) is 0 Å². The van der Waals surface area contributed by atoms with Crippen molar-refractivity contribution in [2.45, 2.75) is 37.0 Å². The van der Waals surface area contributed by atoms with Gasteiger partial charge in [-0.15, -0.1) is 24.2 Å². The van der Waals surface area contributed by atoms with Gasteiger partial charge in [0.2, 0.25) is 5.91 Å². The van der Waals surface area contributed by atoms with Crippen molar-refractivity contribution in [3.05, 3.63) is 48.2 Å². The van der Waals surface area contributed by atoms with Crippen LogP contribution in [0.1, 0.15) is 42.5 Å². The van der Waals surface area contributed by atoms with Gasteiger partial charge in [0.25, 0.3) is 5.91 Å². The molecular weight excluding hydrogens is 408 g/mol. The molecule has 4 N–H and O–H groups in total. The van der Waals surface area contributed by atoms with E-state index in [0.29, 0.717) is 28.7 Å². The average Bonchev–Trinajstić information content (AvgIpc) is 2.73. The van der Waals surface area contributed by atoms with Gasteiger partial charge in [-0.25, -0.2) is 4.98 Å². The molecule has 2 aromatic rings. The van der Waals surface area contributed by atoms with E-state index in [1.54, 1.807) is 18.2 Å². The van der Waals surface area contributed by atoms with E-state index in [2.05, 4.69) is 15.6 Å². The Labute approximate surface area is 181 Å². The third-order valence-electron chi connectivity index (χ3n) is 4.85. The highest BCUT2D eigenvalue weighted by molar-refractivity contribution is 8.00. The molecule has 0 radical (unpaired) electrons. The van der Waals surface area contributed by atoms with E-state index in [4.69, 9.17) is 5.73 Å². The molecule has 0 atom stereocenters. The van der Waals surface area contributed by atoms with Gasteiger partial charge in [-0.1, -0.05) is 31.4 Å². The molecule has 1 aromatic carbocycles. The molecule has 1 saturated carbocycles. The number of amides is 2. The summed E-state index contributed by atoms with van der Waals surface area (Å²) in [5.74, 6) is 1.06. The summed E-state index contributed by atoms with van der Waals surface area (Å²) >= 11 is 1.37. The Morgan fingerprint density at radius 1 is 1.10 bits per heavy atom. The maximum Gasteiger partial charge on any atom is 0.256 e. The molecule has 0 aliphatic heterocycles. The summed E-state index contributed by atoms with van der Waals surface area (Å²) in [5, 5.41) is 5.85. The first kappa shape index (κ1) is 23.0. The number of rotatable bonds is 7. The molecule has 0 bridgehead atoms. The second-order valence-corrected chi connectivity index (χ2v) is 8.04. The van der Waals surface area contributed by atoms with Crippen molar-refractivity contribution < 1.29 is 9.59 Å². The van der Waals surface area contributed by atoms with Crippen molar-refractivity contribution in [3.8, 4) is 0 Å². The summed E-state index contributed by atoms with van der Waals surface area (Å²) in [6.45, 7) is 0.756. The Bertz CT molecular complexity index is 811. The fraction of sp³-hybridized carbons (Fsp3) is 0.381. The predicted octanol–water partition coefficient (Wildman–Crippen LogP) is 4.13. The minimum absolute atomic E-state index is 0. The molecule has 29 heavy (non-hydrogen) atoms. The fourth-order valence-corrected chi connectivity index (χ4v) is 4.18. The highest BCUT2D eigenvalue weighted by atomic mass is 35.5. The number of anilines is 2. The van der Waals surface area contributed by atoms with Crippen molar-refractivity contribution in [2.24, 2.45) is 5.92 Å². The van der Waals surface area contributed by atoms with E-state index in [-0.39, 0.29) is 24.2 Å². The summed E-state index contributed by atoms with van der Waals surface area (Å²) in [5.41, 5.74) is 6.67. The third kappa shape index (κ3) is 7.25. The average molecular weight is 435 g/mol. The number of halogens is 1. The molecule has 1 aromatic heterocycles. The zero-order valence-electron chi connectivity index (χ0n) is 16.2. The van der Waals surface area contributed by atoms with Gasteiger partial charge in [-0.2, -0.15) is 0 Å². The first-order valence-electron chi connectivity index (χ1n) is 9.63. The van der Waals surface area contributed by atoms with Crippen LogP contribution in [0.2, 0.25) is 0 Å². The van der Waals surface area contributed by atoms with Gasteiger partial charge in [-0.05, 0) is 43.0 Å². The van der Waals surface area contributed by atoms with Crippen LogP contribution >= 0.6 is 24.2 Å². The number of thioether (sulfide) groups is 1. The maximum atomic E-state index is 12.6. The molecule has 0 spiro atoms. The van der Waals surface area contributed by atoms with E-state index < -0.39 is 0 Å². The van der Waals surface area contributed by atoms with E-state index in [0.717, 1.165) is 11.4 Å². The number of hydrogen-bond acceptors (Lipinski definition) is 5. The monoisotopic (exact) mass is 434 g/mol. The topological polar surface area (TPSA) is 97.1 Å². The van der Waals surface area contributed by atoms with E-state index in [1.807, 2.05) is 18.2 Å². The van der Waals surface area contributed by atoms with Gasteiger partial charge in [0.05, 0.1) is 23.2 Å². The molecule has 6 nitrogen and oxygen atoms in total. The van der Waals surface area contributed by atoms with Crippen LogP contribution in [0.5, 0.6) is 0 Å². The summed E-state index contributed by atoms with van der Waals surface area (Å²) in [6.07, 6.45) is 7.77. The van der Waals surface area contributed by atoms with Crippen LogP contribution in [-0.2, 0) is 4.79 Å². The number of nitrogens with one attached hydrogen (secondary N) is 2. The van der Waals surface area contributed by atoms with Crippen LogP contribution in [0.15, 0.2) is 47.5 Å². The SMILES string of the molecule is Cl.Nc1ccc(NC(=O)c2ccccc2SCC(=O)NCC2CCCCC2)cn1. The molecule has 1 aliphatic carbocycles. The Kier molecular flexibility index (Phi) is 9.28. The highest BCUT2D eigenvalue weighted by Crippen LogP contribution is 2.25. The lowest BCUT2D eigenvalue weighted by atomic mass is 9.89. The van der Waals surface area contributed by atoms with E-state index in [1.165, 1.54) is 50.1 Å². The number of carbonyl (C=O) groups excluding carboxylic acids is 2. The maximum absolute atomic E-state index is 12.6. The molecule has 1 heterocycles. The van der Waals surface area contributed by atoms with Gasteiger partial charge in [0.1, 0.15) is 5.82 Å². The van der Waals surface area contributed by atoms with Gasteiger partial charge in [-0.3, -0.25) is 9.59 Å².